The molecular weight excluding hydrogens is 216 g/mol. The van der Waals surface area contributed by atoms with E-state index >= 15 is 0 Å². The Balaban J connectivity index is 0.00000112. The molecule has 1 aromatic heterocycles. The van der Waals surface area contributed by atoms with Gasteiger partial charge in [0.25, 0.3) is 5.91 Å². The molecule has 1 aliphatic carbocycles. The Kier molecular flexibility index (Phi) is 3.60. The highest BCUT2D eigenvalue weighted by Crippen LogP contribution is 2.18. The van der Waals surface area contributed by atoms with E-state index in [9.17, 15) is 4.79 Å². The minimum atomic E-state index is -0.138. The maximum Gasteiger partial charge on any atom is 0.254 e. The smallest absolute Gasteiger partial charge is 0.254 e. The van der Waals surface area contributed by atoms with Gasteiger partial charge in [0.2, 0.25) is 0 Å². The number of hydrogen-bond donors (Lipinski definition) is 2. The van der Waals surface area contributed by atoms with Gasteiger partial charge in [0.15, 0.2) is 0 Å². The number of amides is 1. The topological polar surface area (TPSA) is 80.9 Å². The maximum atomic E-state index is 11.6. The van der Waals surface area contributed by atoms with Crippen molar-refractivity contribution >= 4 is 18.3 Å². The van der Waals surface area contributed by atoms with E-state index in [1.54, 1.807) is 6.92 Å². The van der Waals surface area contributed by atoms with Crippen LogP contribution in [-0.2, 0) is 0 Å². The van der Waals surface area contributed by atoms with Crippen molar-refractivity contribution in [2.45, 2.75) is 25.4 Å². The zero-order chi connectivity index (χ0) is 10.1. The Labute approximate surface area is 93.9 Å². The van der Waals surface area contributed by atoms with Gasteiger partial charge in [0.05, 0.1) is 11.3 Å². The van der Waals surface area contributed by atoms with Crippen LogP contribution in [-0.4, -0.2) is 28.0 Å². The molecule has 82 valence electrons. The van der Waals surface area contributed by atoms with Gasteiger partial charge in [-0.15, -0.1) is 12.4 Å². The lowest BCUT2D eigenvalue weighted by atomic mass is 10.2. The Morgan fingerprint density at radius 2 is 2.33 bits per heavy atom. The largest absolute Gasteiger partial charge is 0.348 e. The van der Waals surface area contributed by atoms with Crippen molar-refractivity contribution in [1.29, 1.82) is 0 Å². The molecule has 1 heterocycles. The van der Waals surface area contributed by atoms with E-state index in [0.717, 1.165) is 6.42 Å². The van der Waals surface area contributed by atoms with Crippen LogP contribution in [0.3, 0.4) is 0 Å². The molecule has 3 N–H and O–H groups in total. The van der Waals surface area contributed by atoms with Crippen LogP contribution in [0.25, 0.3) is 0 Å². The van der Waals surface area contributed by atoms with Gasteiger partial charge >= 0.3 is 0 Å². The van der Waals surface area contributed by atoms with Crippen LogP contribution in [0.2, 0.25) is 0 Å². The molecule has 0 radical (unpaired) electrons. The molecule has 2 atom stereocenters. The number of aryl methyl sites for hydroxylation is 1. The molecule has 2 unspecified atom stereocenters. The number of carbonyl (C=O) groups is 1. The molecule has 1 aromatic rings. The summed E-state index contributed by atoms with van der Waals surface area (Å²) in [5, 5.41) is 2.82. The van der Waals surface area contributed by atoms with E-state index in [1.165, 1.54) is 12.5 Å². The monoisotopic (exact) mass is 228 g/mol. The van der Waals surface area contributed by atoms with Gasteiger partial charge in [0.1, 0.15) is 6.33 Å². The highest BCUT2D eigenvalue weighted by atomic mass is 35.5. The number of aromatic nitrogens is 2. The van der Waals surface area contributed by atoms with E-state index in [2.05, 4.69) is 15.3 Å². The first-order valence-electron chi connectivity index (χ1n) is 4.51. The number of nitrogens with one attached hydrogen (secondary N) is 1. The molecule has 0 aliphatic heterocycles. The van der Waals surface area contributed by atoms with E-state index in [4.69, 9.17) is 5.73 Å². The number of carbonyl (C=O) groups excluding carboxylic acids is 1. The van der Waals surface area contributed by atoms with Crippen molar-refractivity contribution < 1.29 is 4.79 Å². The first-order valence-corrected chi connectivity index (χ1v) is 4.51. The summed E-state index contributed by atoms with van der Waals surface area (Å²) < 4.78 is 0. The summed E-state index contributed by atoms with van der Waals surface area (Å²) >= 11 is 0. The lowest BCUT2D eigenvalue weighted by Crippen LogP contribution is -2.30. The second kappa shape index (κ2) is 4.55. The number of halogens is 1. The summed E-state index contributed by atoms with van der Waals surface area (Å²) in [6, 6.07) is 0.242. The van der Waals surface area contributed by atoms with Gasteiger partial charge in [0, 0.05) is 18.3 Å². The molecule has 15 heavy (non-hydrogen) atoms. The Bertz CT molecular complexity index is 371. The average Bonchev–Trinajstić information content (AvgIpc) is 2.82. The molecule has 0 spiro atoms. The molecule has 5 nitrogen and oxygen atoms in total. The highest BCUT2D eigenvalue weighted by Gasteiger charge is 2.35. The third-order valence-corrected chi connectivity index (χ3v) is 2.31. The highest BCUT2D eigenvalue weighted by molar-refractivity contribution is 5.95. The molecular formula is C9H13ClN4O. The van der Waals surface area contributed by atoms with E-state index in [1.807, 2.05) is 0 Å². The second-order valence-electron chi connectivity index (χ2n) is 3.50. The lowest BCUT2D eigenvalue weighted by molar-refractivity contribution is 0.0949. The van der Waals surface area contributed by atoms with Gasteiger partial charge in [-0.2, -0.15) is 0 Å². The normalized spacial score (nSPS) is 22.8. The number of nitrogens with two attached hydrogens (primary N) is 1. The molecule has 1 amide bonds. The van der Waals surface area contributed by atoms with Crippen LogP contribution < -0.4 is 11.1 Å². The summed E-state index contributed by atoms with van der Waals surface area (Å²) in [6.07, 6.45) is 3.80. The van der Waals surface area contributed by atoms with Crippen LogP contribution in [0.5, 0.6) is 0 Å². The molecule has 0 bridgehead atoms. The summed E-state index contributed by atoms with van der Waals surface area (Å²) in [7, 11) is 0. The van der Waals surface area contributed by atoms with Crippen molar-refractivity contribution in [2.24, 2.45) is 5.73 Å². The summed E-state index contributed by atoms with van der Waals surface area (Å²) in [6.45, 7) is 1.78. The lowest BCUT2D eigenvalue weighted by Gasteiger charge is -2.04. The van der Waals surface area contributed by atoms with Crippen LogP contribution in [0.1, 0.15) is 22.5 Å². The fraction of sp³-hybridized carbons (Fsp3) is 0.444. The minimum Gasteiger partial charge on any atom is -0.348 e. The molecule has 6 heteroatoms. The van der Waals surface area contributed by atoms with Crippen LogP contribution in [0.15, 0.2) is 12.5 Å². The summed E-state index contributed by atoms with van der Waals surface area (Å²) in [5.41, 5.74) is 6.79. The van der Waals surface area contributed by atoms with Crippen molar-refractivity contribution in [3.05, 3.63) is 23.8 Å². The number of rotatable bonds is 2. The molecule has 0 saturated heterocycles. The van der Waals surface area contributed by atoms with E-state index in [0.29, 0.717) is 11.3 Å². The van der Waals surface area contributed by atoms with Gasteiger partial charge in [-0.25, -0.2) is 9.97 Å². The number of nitrogens with zero attached hydrogens (tertiary/aromatic N) is 2. The van der Waals surface area contributed by atoms with Gasteiger partial charge in [-0.3, -0.25) is 4.79 Å². The Hall–Kier alpha value is -1.20. The predicted molar refractivity (Wildman–Crippen MR) is 57.9 cm³/mol. The fourth-order valence-corrected chi connectivity index (χ4v) is 1.24. The van der Waals surface area contributed by atoms with Crippen LogP contribution in [0.4, 0.5) is 0 Å². The van der Waals surface area contributed by atoms with E-state index in [-0.39, 0.29) is 30.4 Å². The second-order valence-corrected chi connectivity index (χ2v) is 3.50. The van der Waals surface area contributed by atoms with Gasteiger partial charge in [-0.1, -0.05) is 0 Å². The van der Waals surface area contributed by atoms with E-state index < -0.39 is 0 Å². The molecule has 1 fully saturated rings. The Morgan fingerprint density at radius 3 is 2.87 bits per heavy atom. The Morgan fingerprint density at radius 1 is 1.67 bits per heavy atom. The maximum absolute atomic E-state index is 11.6. The summed E-state index contributed by atoms with van der Waals surface area (Å²) in [4.78, 5) is 19.4. The molecule has 1 aliphatic rings. The average molecular weight is 229 g/mol. The third-order valence-electron chi connectivity index (χ3n) is 2.31. The first kappa shape index (κ1) is 11.9. The molecule has 1 saturated carbocycles. The van der Waals surface area contributed by atoms with Crippen molar-refractivity contribution in [2.75, 3.05) is 0 Å². The van der Waals surface area contributed by atoms with Crippen molar-refractivity contribution in [1.82, 2.24) is 15.3 Å². The van der Waals surface area contributed by atoms with Crippen molar-refractivity contribution in [3.63, 3.8) is 0 Å². The van der Waals surface area contributed by atoms with Gasteiger partial charge < -0.3 is 11.1 Å². The minimum absolute atomic E-state index is 0. The third kappa shape index (κ3) is 2.64. The van der Waals surface area contributed by atoms with Gasteiger partial charge in [-0.05, 0) is 13.3 Å². The van der Waals surface area contributed by atoms with Crippen LogP contribution in [0, 0.1) is 6.92 Å². The number of hydrogen-bond acceptors (Lipinski definition) is 4. The summed E-state index contributed by atoms with van der Waals surface area (Å²) in [5.74, 6) is -0.138. The quantitative estimate of drug-likeness (QED) is 0.749. The first-order chi connectivity index (χ1) is 6.68. The zero-order valence-corrected chi connectivity index (χ0v) is 9.12. The SMILES string of the molecule is Cc1ncncc1C(=O)NC1CC1N.Cl. The van der Waals surface area contributed by atoms with Crippen LogP contribution >= 0.6 is 12.4 Å². The standard InChI is InChI=1S/C9H12N4O.ClH/c1-5-6(3-11-4-12-5)9(14)13-8-2-7(8)10;/h3-4,7-8H,2,10H2,1H3,(H,13,14);1H. The zero-order valence-electron chi connectivity index (χ0n) is 8.30. The fourth-order valence-electron chi connectivity index (χ4n) is 1.24. The predicted octanol–water partition coefficient (Wildman–Crippen LogP) is 0.0362. The molecule has 2 rings (SSSR count). The molecule has 0 aromatic carbocycles. The van der Waals surface area contributed by atoms with Crippen molar-refractivity contribution in [3.8, 4) is 0 Å².